The second-order valence-corrected chi connectivity index (χ2v) is 5.39. The average Bonchev–Trinajstić information content (AvgIpc) is 2.75. The molecule has 0 bridgehead atoms. The van der Waals surface area contributed by atoms with Gasteiger partial charge in [0.15, 0.2) is 11.6 Å². The predicted molar refractivity (Wildman–Crippen MR) is 69.1 cm³/mol. The summed E-state index contributed by atoms with van der Waals surface area (Å²) >= 11 is 0. The number of carbonyl (C=O) groups is 3. The van der Waals surface area contributed by atoms with Crippen LogP contribution in [0.25, 0.3) is 0 Å². The summed E-state index contributed by atoms with van der Waals surface area (Å²) in [7, 11) is 0. The van der Waals surface area contributed by atoms with Crippen molar-refractivity contribution in [1.29, 1.82) is 0 Å². The van der Waals surface area contributed by atoms with Crippen molar-refractivity contribution >= 4 is 17.7 Å². The molecule has 0 spiro atoms. The Labute approximate surface area is 132 Å². The molecule has 1 unspecified atom stereocenters. The Bertz CT molecular complexity index is 747. The third-order valence-electron chi connectivity index (χ3n) is 3.80. The van der Waals surface area contributed by atoms with Crippen molar-refractivity contribution < 1.29 is 36.7 Å². The number of nitrogens with one attached hydrogen (secondary N) is 1. The lowest BCUT2D eigenvalue weighted by molar-refractivity contribution is -0.275. The fourth-order valence-electron chi connectivity index (χ4n) is 2.77. The Kier molecular flexibility index (Phi) is 3.69. The molecule has 1 aromatic rings. The summed E-state index contributed by atoms with van der Waals surface area (Å²) in [6.45, 7) is -0.172. The van der Waals surface area contributed by atoms with Gasteiger partial charge in [-0.3, -0.25) is 19.7 Å². The summed E-state index contributed by atoms with van der Waals surface area (Å²) in [4.78, 5) is 36.4. The molecule has 6 nitrogen and oxygen atoms in total. The van der Waals surface area contributed by atoms with E-state index in [1.54, 1.807) is 0 Å². The summed E-state index contributed by atoms with van der Waals surface area (Å²) in [5.74, 6) is -4.19. The molecule has 2 heterocycles. The van der Waals surface area contributed by atoms with E-state index in [2.05, 4.69) is 10.1 Å². The van der Waals surface area contributed by atoms with Crippen molar-refractivity contribution in [3.05, 3.63) is 29.1 Å². The first kappa shape index (κ1) is 16.2. The van der Waals surface area contributed by atoms with E-state index in [-0.39, 0.29) is 30.5 Å². The van der Waals surface area contributed by atoms with Gasteiger partial charge in [-0.1, -0.05) is 0 Å². The first-order valence-corrected chi connectivity index (χ1v) is 6.88. The molecular formula is C14H10F4N2O4. The van der Waals surface area contributed by atoms with Gasteiger partial charge < -0.3 is 9.64 Å². The minimum absolute atomic E-state index is 0.0350. The number of hydrogen-bond donors (Lipinski definition) is 1. The topological polar surface area (TPSA) is 75.7 Å². The summed E-state index contributed by atoms with van der Waals surface area (Å²) in [5.41, 5.74) is -0.0166. The van der Waals surface area contributed by atoms with E-state index in [1.165, 1.54) is 0 Å². The molecule has 0 aliphatic carbocycles. The Hall–Kier alpha value is -2.65. The van der Waals surface area contributed by atoms with Crippen LogP contribution in [-0.2, 0) is 16.1 Å². The van der Waals surface area contributed by atoms with Crippen LogP contribution in [0.4, 0.5) is 17.6 Å². The zero-order chi connectivity index (χ0) is 17.6. The number of hydrogen-bond acceptors (Lipinski definition) is 4. The minimum Gasteiger partial charge on any atom is -0.403 e. The molecule has 1 N–H and O–H groups in total. The third kappa shape index (κ3) is 2.91. The van der Waals surface area contributed by atoms with Crippen molar-refractivity contribution in [1.82, 2.24) is 10.2 Å². The van der Waals surface area contributed by atoms with E-state index in [9.17, 15) is 31.9 Å². The van der Waals surface area contributed by atoms with Crippen molar-refractivity contribution in [2.75, 3.05) is 0 Å². The summed E-state index contributed by atoms with van der Waals surface area (Å²) in [5, 5.41) is 2.09. The number of fused-ring (bicyclic) bond motifs is 1. The molecule has 3 rings (SSSR count). The lowest BCUT2D eigenvalue weighted by Gasteiger charge is -2.29. The molecular weight excluding hydrogens is 336 g/mol. The molecule has 0 saturated carbocycles. The average molecular weight is 346 g/mol. The monoisotopic (exact) mass is 346 g/mol. The summed E-state index contributed by atoms with van der Waals surface area (Å²) < 4.78 is 54.1. The van der Waals surface area contributed by atoms with E-state index in [1.807, 2.05) is 0 Å². The van der Waals surface area contributed by atoms with Gasteiger partial charge in [0, 0.05) is 18.5 Å². The number of nitrogens with zero attached hydrogens (tertiary/aromatic N) is 1. The minimum atomic E-state index is -5.07. The van der Waals surface area contributed by atoms with Crippen LogP contribution in [0.5, 0.6) is 5.75 Å². The Morgan fingerprint density at radius 3 is 2.54 bits per heavy atom. The molecule has 3 amide bonds. The van der Waals surface area contributed by atoms with Gasteiger partial charge in [0.1, 0.15) is 6.04 Å². The van der Waals surface area contributed by atoms with Crippen LogP contribution >= 0.6 is 0 Å². The van der Waals surface area contributed by atoms with Gasteiger partial charge in [-0.25, -0.2) is 4.39 Å². The number of piperidine rings is 1. The number of imide groups is 1. The summed E-state index contributed by atoms with van der Waals surface area (Å²) in [6.07, 6.45) is -4.94. The van der Waals surface area contributed by atoms with Crippen molar-refractivity contribution in [2.45, 2.75) is 31.8 Å². The van der Waals surface area contributed by atoms with Crippen molar-refractivity contribution in [3.63, 3.8) is 0 Å². The number of benzene rings is 1. The zero-order valence-corrected chi connectivity index (χ0v) is 11.9. The Morgan fingerprint density at radius 1 is 1.21 bits per heavy atom. The summed E-state index contributed by atoms with van der Waals surface area (Å²) in [6, 6.07) is 0.518. The smallest absolute Gasteiger partial charge is 0.403 e. The van der Waals surface area contributed by atoms with Gasteiger partial charge in [0.05, 0.1) is 0 Å². The van der Waals surface area contributed by atoms with Crippen molar-refractivity contribution in [2.24, 2.45) is 0 Å². The lowest BCUT2D eigenvalue weighted by atomic mass is 10.0. The van der Waals surface area contributed by atoms with Crippen molar-refractivity contribution in [3.8, 4) is 5.75 Å². The molecule has 1 atom stereocenters. The SMILES string of the molecule is O=C1CCC(N2Cc3cc(OC(F)(F)F)c(F)cc3C2=O)C(=O)N1. The van der Waals surface area contributed by atoms with Crippen LogP contribution in [-0.4, -0.2) is 35.0 Å². The van der Waals surface area contributed by atoms with Crippen LogP contribution in [0.1, 0.15) is 28.8 Å². The molecule has 0 aromatic heterocycles. The standard InChI is InChI=1S/C14H10F4N2O4/c15-8-4-7-6(3-10(8)24-14(16,17)18)5-20(13(7)23)9-1-2-11(21)19-12(9)22/h3-4,9H,1-2,5H2,(H,19,21,22). The highest BCUT2D eigenvalue weighted by Crippen LogP contribution is 2.34. The quantitative estimate of drug-likeness (QED) is 0.650. The maximum atomic E-state index is 13.7. The largest absolute Gasteiger partial charge is 0.573 e. The molecule has 10 heteroatoms. The van der Waals surface area contributed by atoms with E-state index in [0.29, 0.717) is 6.07 Å². The van der Waals surface area contributed by atoms with Crippen LogP contribution < -0.4 is 10.1 Å². The number of amides is 3. The first-order chi connectivity index (χ1) is 11.2. The van der Waals surface area contributed by atoms with E-state index >= 15 is 0 Å². The van der Waals surface area contributed by atoms with Crippen LogP contribution in [0.15, 0.2) is 12.1 Å². The van der Waals surface area contributed by atoms with Gasteiger partial charge in [-0.15, -0.1) is 13.2 Å². The Balaban J connectivity index is 1.87. The second-order valence-electron chi connectivity index (χ2n) is 5.39. The molecule has 2 aliphatic rings. The van der Waals surface area contributed by atoms with Gasteiger partial charge in [0.2, 0.25) is 11.8 Å². The normalized spacial score (nSPS) is 20.9. The molecule has 2 aliphatic heterocycles. The number of rotatable bonds is 2. The molecule has 1 aromatic carbocycles. The van der Waals surface area contributed by atoms with Crippen LogP contribution in [0, 0.1) is 5.82 Å². The van der Waals surface area contributed by atoms with E-state index in [4.69, 9.17) is 0 Å². The number of ether oxygens (including phenoxy) is 1. The first-order valence-electron chi connectivity index (χ1n) is 6.88. The Morgan fingerprint density at radius 2 is 1.92 bits per heavy atom. The molecule has 24 heavy (non-hydrogen) atoms. The molecule has 128 valence electrons. The van der Waals surface area contributed by atoms with E-state index < -0.39 is 41.7 Å². The zero-order valence-electron chi connectivity index (χ0n) is 11.9. The molecule has 1 saturated heterocycles. The maximum absolute atomic E-state index is 13.7. The molecule has 1 fully saturated rings. The van der Waals surface area contributed by atoms with Gasteiger partial charge >= 0.3 is 6.36 Å². The number of halogens is 4. The second kappa shape index (κ2) is 5.46. The fraction of sp³-hybridized carbons (Fsp3) is 0.357. The lowest BCUT2D eigenvalue weighted by Crippen LogP contribution is -2.52. The predicted octanol–water partition coefficient (Wildman–Crippen LogP) is 1.49. The number of alkyl halides is 3. The van der Waals surface area contributed by atoms with Crippen LogP contribution in [0.3, 0.4) is 0 Å². The van der Waals surface area contributed by atoms with Gasteiger partial charge in [-0.2, -0.15) is 0 Å². The van der Waals surface area contributed by atoms with Gasteiger partial charge in [-0.05, 0) is 24.1 Å². The molecule has 0 radical (unpaired) electrons. The highest BCUT2D eigenvalue weighted by molar-refractivity contribution is 6.05. The van der Waals surface area contributed by atoms with Gasteiger partial charge in [0.25, 0.3) is 5.91 Å². The third-order valence-corrected chi connectivity index (χ3v) is 3.80. The van der Waals surface area contributed by atoms with E-state index in [0.717, 1.165) is 11.0 Å². The maximum Gasteiger partial charge on any atom is 0.573 e. The van der Waals surface area contributed by atoms with Crippen LogP contribution in [0.2, 0.25) is 0 Å². The highest BCUT2D eigenvalue weighted by Gasteiger charge is 2.40. The highest BCUT2D eigenvalue weighted by atomic mass is 19.4. The fourth-order valence-corrected chi connectivity index (χ4v) is 2.77. The number of carbonyl (C=O) groups excluding carboxylic acids is 3.